The van der Waals surface area contributed by atoms with Gasteiger partial charge >= 0.3 is 0 Å². The van der Waals surface area contributed by atoms with Crippen LogP contribution in [0.25, 0.3) is 0 Å². The van der Waals surface area contributed by atoms with Crippen LogP contribution in [0.3, 0.4) is 0 Å². The molecule has 0 radical (unpaired) electrons. The third kappa shape index (κ3) is 2.49. The zero-order valence-electron chi connectivity index (χ0n) is 10.8. The summed E-state index contributed by atoms with van der Waals surface area (Å²) >= 11 is 0. The number of aliphatic hydroxyl groups is 1. The largest absolute Gasteiger partial charge is 0.385 e. The third-order valence-electron chi connectivity index (χ3n) is 3.74. The van der Waals surface area contributed by atoms with Crippen molar-refractivity contribution in [1.29, 1.82) is 0 Å². The summed E-state index contributed by atoms with van der Waals surface area (Å²) in [6, 6.07) is 1.91. The van der Waals surface area contributed by atoms with Gasteiger partial charge in [0.15, 0.2) is 17.5 Å². The Kier molecular flexibility index (Phi) is 4.16. The molecule has 1 aromatic carbocycles. The van der Waals surface area contributed by atoms with E-state index < -0.39 is 29.2 Å². The van der Waals surface area contributed by atoms with Crippen molar-refractivity contribution >= 4 is 0 Å². The first-order valence-corrected chi connectivity index (χ1v) is 6.47. The molecule has 2 rings (SSSR count). The molecule has 1 atom stereocenters. The van der Waals surface area contributed by atoms with E-state index in [0.717, 1.165) is 25.0 Å². The Morgan fingerprint density at radius 1 is 1.21 bits per heavy atom. The molecule has 0 aromatic heterocycles. The van der Waals surface area contributed by atoms with Gasteiger partial charge in [-0.1, -0.05) is 18.9 Å². The van der Waals surface area contributed by atoms with Gasteiger partial charge in [0.2, 0.25) is 0 Å². The molecule has 1 fully saturated rings. The van der Waals surface area contributed by atoms with Gasteiger partial charge in [0.1, 0.15) is 6.10 Å². The van der Waals surface area contributed by atoms with Crippen LogP contribution in [0.5, 0.6) is 0 Å². The first-order chi connectivity index (χ1) is 9.02. The topological polar surface area (TPSA) is 29.5 Å². The highest BCUT2D eigenvalue weighted by atomic mass is 19.2. The summed E-state index contributed by atoms with van der Waals surface area (Å²) in [6.07, 6.45) is 1.61. The van der Waals surface area contributed by atoms with Gasteiger partial charge in [-0.3, -0.25) is 0 Å². The van der Waals surface area contributed by atoms with Gasteiger partial charge in [0, 0.05) is 12.2 Å². The van der Waals surface area contributed by atoms with Crippen LogP contribution in [0.4, 0.5) is 13.2 Å². The zero-order valence-corrected chi connectivity index (χ0v) is 10.8. The van der Waals surface area contributed by atoms with Crippen LogP contribution in [0.2, 0.25) is 0 Å². The van der Waals surface area contributed by atoms with Gasteiger partial charge in [0.05, 0.1) is 5.60 Å². The van der Waals surface area contributed by atoms with E-state index in [0.29, 0.717) is 19.4 Å². The van der Waals surface area contributed by atoms with Gasteiger partial charge in [-0.2, -0.15) is 0 Å². The van der Waals surface area contributed by atoms with Crippen molar-refractivity contribution in [2.24, 2.45) is 0 Å². The fraction of sp³-hybridized carbons (Fsp3) is 0.571. The highest BCUT2D eigenvalue weighted by molar-refractivity contribution is 5.25. The predicted molar refractivity (Wildman–Crippen MR) is 64.1 cm³/mol. The van der Waals surface area contributed by atoms with Crippen molar-refractivity contribution < 1.29 is 23.0 Å². The summed E-state index contributed by atoms with van der Waals surface area (Å²) in [5.41, 5.74) is -1.13. The Morgan fingerprint density at radius 3 is 2.42 bits per heavy atom. The van der Waals surface area contributed by atoms with Crippen LogP contribution >= 0.6 is 0 Å². The first-order valence-electron chi connectivity index (χ1n) is 6.47. The van der Waals surface area contributed by atoms with E-state index >= 15 is 0 Å². The number of benzene rings is 1. The summed E-state index contributed by atoms with van der Waals surface area (Å²) in [5.74, 6) is -4.15. The van der Waals surface area contributed by atoms with Gasteiger partial charge in [-0.25, -0.2) is 13.2 Å². The monoisotopic (exact) mass is 274 g/mol. The van der Waals surface area contributed by atoms with E-state index in [2.05, 4.69) is 0 Å². The summed E-state index contributed by atoms with van der Waals surface area (Å²) in [7, 11) is 0. The smallest absolute Gasteiger partial charge is 0.194 e. The molecule has 1 aliphatic rings. The Labute approximate surface area is 110 Å². The number of aliphatic hydroxyl groups excluding tert-OH is 1. The summed E-state index contributed by atoms with van der Waals surface area (Å²) in [5, 5.41) is 10.3. The second kappa shape index (κ2) is 5.51. The molecule has 0 aliphatic heterocycles. The second-order valence-electron chi connectivity index (χ2n) is 4.87. The Bertz CT molecular complexity index is 456. The van der Waals surface area contributed by atoms with Crippen molar-refractivity contribution in [3.63, 3.8) is 0 Å². The molecule has 0 spiro atoms. The zero-order chi connectivity index (χ0) is 14.0. The molecule has 106 valence electrons. The lowest BCUT2D eigenvalue weighted by Gasteiger charge is -2.34. The van der Waals surface area contributed by atoms with E-state index in [1.54, 1.807) is 6.92 Å². The Hall–Kier alpha value is -1.07. The van der Waals surface area contributed by atoms with Crippen LogP contribution in [-0.2, 0) is 4.74 Å². The molecule has 1 aromatic rings. The lowest BCUT2D eigenvalue weighted by molar-refractivity contribution is -0.119. The Balaban J connectivity index is 2.37. The van der Waals surface area contributed by atoms with Crippen LogP contribution in [0.1, 0.15) is 44.3 Å². The van der Waals surface area contributed by atoms with Crippen LogP contribution in [0.15, 0.2) is 12.1 Å². The highest BCUT2D eigenvalue weighted by Gasteiger charge is 2.43. The van der Waals surface area contributed by atoms with Crippen molar-refractivity contribution in [2.45, 2.75) is 44.3 Å². The number of hydrogen-bond acceptors (Lipinski definition) is 2. The van der Waals surface area contributed by atoms with Crippen LogP contribution < -0.4 is 0 Å². The number of halogens is 3. The maximum atomic E-state index is 13.7. The van der Waals surface area contributed by atoms with Gasteiger partial charge < -0.3 is 9.84 Å². The minimum Gasteiger partial charge on any atom is -0.385 e. The number of rotatable bonds is 4. The maximum Gasteiger partial charge on any atom is 0.194 e. The van der Waals surface area contributed by atoms with E-state index in [-0.39, 0.29) is 5.56 Å². The summed E-state index contributed by atoms with van der Waals surface area (Å²) in [4.78, 5) is 0. The summed E-state index contributed by atoms with van der Waals surface area (Å²) in [6.45, 7) is 2.16. The predicted octanol–water partition coefficient (Wildman–Crippen LogP) is 3.49. The molecular weight excluding hydrogens is 257 g/mol. The summed E-state index contributed by atoms with van der Waals surface area (Å²) < 4.78 is 45.5. The van der Waals surface area contributed by atoms with Gasteiger partial charge in [-0.05, 0) is 25.8 Å². The van der Waals surface area contributed by atoms with E-state index in [1.807, 2.05) is 0 Å². The van der Waals surface area contributed by atoms with Crippen molar-refractivity contribution in [1.82, 2.24) is 0 Å². The van der Waals surface area contributed by atoms with Crippen molar-refractivity contribution in [3.05, 3.63) is 35.1 Å². The average molecular weight is 274 g/mol. The number of hydrogen-bond donors (Lipinski definition) is 1. The first kappa shape index (κ1) is 14.3. The minimum atomic E-state index is -1.55. The lowest BCUT2D eigenvalue weighted by Crippen LogP contribution is -2.37. The molecule has 1 aliphatic carbocycles. The normalized spacial score (nSPS) is 19.6. The molecule has 0 bridgehead atoms. The highest BCUT2D eigenvalue weighted by Crippen LogP contribution is 2.43. The standard InChI is InChI=1S/C14H17F3O2/c1-2-19-14(7-3-4-8-14)13(18)9-5-6-10(15)12(17)11(9)16/h5-6,13,18H,2-4,7-8H2,1H3. The van der Waals surface area contributed by atoms with E-state index in [1.165, 1.54) is 0 Å². The van der Waals surface area contributed by atoms with Gasteiger partial charge in [-0.15, -0.1) is 0 Å². The molecule has 1 unspecified atom stereocenters. The van der Waals surface area contributed by atoms with E-state index in [9.17, 15) is 18.3 Å². The quantitative estimate of drug-likeness (QED) is 0.852. The fourth-order valence-electron chi connectivity index (χ4n) is 2.79. The minimum absolute atomic E-state index is 0.241. The lowest BCUT2D eigenvalue weighted by atomic mass is 9.88. The molecule has 2 nitrogen and oxygen atoms in total. The van der Waals surface area contributed by atoms with Crippen molar-refractivity contribution in [2.75, 3.05) is 6.61 Å². The second-order valence-corrected chi connectivity index (χ2v) is 4.87. The Morgan fingerprint density at radius 2 is 1.84 bits per heavy atom. The number of ether oxygens (including phenoxy) is 1. The molecule has 1 saturated carbocycles. The fourth-order valence-corrected chi connectivity index (χ4v) is 2.79. The van der Waals surface area contributed by atoms with Crippen molar-refractivity contribution in [3.8, 4) is 0 Å². The third-order valence-corrected chi connectivity index (χ3v) is 3.74. The molecule has 5 heteroatoms. The average Bonchev–Trinajstić information content (AvgIpc) is 2.86. The van der Waals surface area contributed by atoms with E-state index in [4.69, 9.17) is 4.74 Å². The van der Waals surface area contributed by atoms with Crippen LogP contribution in [0, 0.1) is 17.5 Å². The van der Waals surface area contributed by atoms with Crippen LogP contribution in [-0.4, -0.2) is 17.3 Å². The maximum absolute atomic E-state index is 13.7. The molecular formula is C14H17F3O2. The van der Waals surface area contributed by atoms with Gasteiger partial charge in [0.25, 0.3) is 0 Å². The molecule has 0 saturated heterocycles. The molecule has 19 heavy (non-hydrogen) atoms. The molecule has 0 heterocycles. The molecule has 1 N–H and O–H groups in total. The SMILES string of the molecule is CCOC1(C(O)c2ccc(F)c(F)c2F)CCCC1. The molecule has 0 amide bonds.